The fraction of sp³-hybridized carbons (Fsp3) is 0.233. The second-order valence-corrected chi connectivity index (χ2v) is 10.1. The highest BCUT2D eigenvalue weighted by atomic mass is 35.5. The van der Waals surface area contributed by atoms with E-state index in [0.717, 1.165) is 18.2 Å². The first-order valence-corrected chi connectivity index (χ1v) is 13.2. The Kier molecular flexibility index (Phi) is 9.15. The van der Waals surface area contributed by atoms with E-state index < -0.39 is 52.0 Å². The first-order valence-electron chi connectivity index (χ1n) is 12.8. The molecule has 0 fully saturated rings. The van der Waals surface area contributed by atoms with Gasteiger partial charge in [-0.1, -0.05) is 54.1 Å². The van der Waals surface area contributed by atoms with Gasteiger partial charge in [-0.15, -0.1) is 0 Å². The number of hydrogen-bond donors (Lipinski definition) is 3. The van der Waals surface area contributed by atoms with Gasteiger partial charge in [0.15, 0.2) is 0 Å². The monoisotopic (exact) mass is 603 g/mol. The number of halogens is 5. The maximum Gasteiger partial charge on any atom is 0.417 e. The number of allylic oxidation sites excluding steroid dienone is 1. The lowest BCUT2D eigenvalue weighted by molar-refractivity contribution is -0.145. The Morgan fingerprint density at radius 2 is 1.74 bits per heavy atom. The number of carboxylic acids is 1. The lowest BCUT2D eigenvalue weighted by atomic mass is 9.85. The predicted molar refractivity (Wildman–Crippen MR) is 149 cm³/mol. The van der Waals surface area contributed by atoms with E-state index in [1.807, 2.05) is 37.3 Å². The van der Waals surface area contributed by atoms with Crippen molar-refractivity contribution in [3.05, 3.63) is 106 Å². The van der Waals surface area contributed by atoms with E-state index in [0.29, 0.717) is 10.7 Å². The molecular weight excluding hydrogens is 578 g/mol. The first kappa shape index (κ1) is 30.9. The van der Waals surface area contributed by atoms with Crippen molar-refractivity contribution in [2.45, 2.75) is 38.1 Å². The van der Waals surface area contributed by atoms with Crippen LogP contribution in [-0.2, 0) is 11.0 Å². The van der Waals surface area contributed by atoms with Gasteiger partial charge in [0.2, 0.25) is 0 Å². The Morgan fingerprint density at radius 1 is 1.07 bits per heavy atom. The molecule has 4 aromatic rings. The Balaban J connectivity index is 0.000000385. The summed E-state index contributed by atoms with van der Waals surface area (Å²) in [5, 5.41) is 22.9. The third kappa shape index (κ3) is 6.38. The van der Waals surface area contributed by atoms with Crippen molar-refractivity contribution in [2.75, 3.05) is 0 Å². The third-order valence-corrected chi connectivity index (χ3v) is 7.15. The first-order chi connectivity index (χ1) is 19.8. The molecule has 0 saturated carbocycles. The average molecular weight is 604 g/mol. The number of rotatable bonds is 4. The number of nitrogens with zero attached hydrogens (tertiary/aromatic N) is 2. The molecule has 42 heavy (non-hydrogen) atoms. The van der Waals surface area contributed by atoms with Gasteiger partial charge in [0.1, 0.15) is 5.82 Å². The quantitative estimate of drug-likeness (QED) is 0.230. The van der Waals surface area contributed by atoms with Gasteiger partial charge in [-0.2, -0.15) is 23.0 Å². The van der Waals surface area contributed by atoms with Crippen molar-refractivity contribution in [2.24, 2.45) is 11.7 Å². The van der Waals surface area contributed by atoms with E-state index in [-0.39, 0.29) is 41.1 Å². The summed E-state index contributed by atoms with van der Waals surface area (Å²) in [6.45, 7) is 1.98. The van der Waals surface area contributed by atoms with Crippen LogP contribution < -0.4 is 5.73 Å². The van der Waals surface area contributed by atoms with Gasteiger partial charge in [-0.25, -0.2) is 4.39 Å². The van der Waals surface area contributed by atoms with Crippen molar-refractivity contribution >= 4 is 40.0 Å². The maximum absolute atomic E-state index is 14.8. The van der Waals surface area contributed by atoms with Crippen molar-refractivity contribution in [3.63, 3.8) is 0 Å². The van der Waals surface area contributed by atoms with E-state index in [1.165, 1.54) is 23.8 Å². The van der Waals surface area contributed by atoms with E-state index >= 15 is 0 Å². The summed E-state index contributed by atoms with van der Waals surface area (Å²) in [6.07, 6.45) is -4.92. The Bertz CT molecular complexity index is 1650. The van der Waals surface area contributed by atoms with Crippen molar-refractivity contribution < 1.29 is 37.4 Å². The summed E-state index contributed by atoms with van der Waals surface area (Å²) in [5.41, 5.74) is 4.81. The average Bonchev–Trinajstić information content (AvgIpc) is 3.34. The molecule has 0 bridgehead atoms. The minimum absolute atomic E-state index is 0.0296. The Morgan fingerprint density at radius 3 is 2.31 bits per heavy atom. The van der Waals surface area contributed by atoms with Crippen LogP contribution in [0.4, 0.5) is 17.6 Å². The number of carboxylic acid groups (broad SMARTS) is 1. The van der Waals surface area contributed by atoms with Gasteiger partial charge in [0.25, 0.3) is 5.91 Å². The van der Waals surface area contributed by atoms with Crippen LogP contribution in [0.2, 0.25) is 5.02 Å². The molecule has 0 amide bonds. The smallest absolute Gasteiger partial charge is 0.417 e. The number of nitrogens with two attached hydrogens (primary N) is 1. The number of carbonyl (C=O) groups is 2. The van der Waals surface area contributed by atoms with Gasteiger partial charge in [-0.05, 0) is 61.2 Å². The predicted octanol–water partition coefficient (Wildman–Crippen LogP) is 6.48. The molecule has 1 aromatic heterocycles. The molecule has 7 nitrogen and oxygen atoms in total. The summed E-state index contributed by atoms with van der Waals surface area (Å²) in [6, 6.07) is 16.8. The highest BCUT2D eigenvalue weighted by Gasteiger charge is 2.38. The molecule has 12 heteroatoms. The van der Waals surface area contributed by atoms with E-state index in [9.17, 15) is 37.4 Å². The van der Waals surface area contributed by atoms with Gasteiger partial charge < -0.3 is 15.9 Å². The molecule has 5 rings (SSSR count). The molecule has 4 N–H and O–H groups in total. The molecule has 0 spiro atoms. The number of aromatic nitrogens is 2. The van der Waals surface area contributed by atoms with Crippen LogP contribution in [0.3, 0.4) is 0 Å². The summed E-state index contributed by atoms with van der Waals surface area (Å²) in [7, 11) is 0. The van der Waals surface area contributed by atoms with E-state index in [4.69, 9.17) is 17.3 Å². The minimum atomic E-state index is -4.88. The van der Waals surface area contributed by atoms with Crippen LogP contribution in [0.5, 0.6) is 0 Å². The van der Waals surface area contributed by atoms with Crippen molar-refractivity contribution in [1.29, 1.82) is 0 Å². The number of fused-ring (bicyclic) bond motifs is 1. The number of benzene rings is 3. The maximum atomic E-state index is 14.8. The van der Waals surface area contributed by atoms with E-state index in [1.54, 1.807) is 0 Å². The van der Waals surface area contributed by atoms with Gasteiger partial charge in [0, 0.05) is 6.04 Å². The standard InChI is InChI=1S/C22H15ClF4N2O4.C8H11N/c23-13-4-1-3-12(22(25,26)27)17(13)20(31)29-15-6-2-5-14(24)18(15)19(28-29)10-7-8-11(21(32)33)16(30)9-10;1-7(9)8-5-3-2-4-6-8/h1-6,9,11,16,30H,7-8H2,(H,32,33);2-7H,9H2,1H3/t11-,16-;7-/m01/s1. The van der Waals surface area contributed by atoms with Crippen LogP contribution in [-0.4, -0.2) is 38.0 Å². The molecule has 3 atom stereocenters. The summed E-state index contributed by atoms with van der Waals surface area (Å²) < 4.78 is 56.0. The van der Waals surface area contributed by atoms with Crippen LogP contribution in [0.1, 0.15) is 53.0 Å². The highest BCUT2D eigenvalue weighted by molar-refractivity contribution is 6.34. The lowest BCUT2D eigenvalue weighted by Crippen LogP contribution is -2.29. The van der Waals surface area contributed by atoms with E-state index in [2.05, 4.69) is 5.10 Å². The second-order valence-electron chi connectivity index (χ2n) is 9.72. The molecule has 1 aliphatic rings. The number of aliphatic hydroxyl groups excluding tert-OH is 1. The van der Waals surface area contributed by atoms with Gasteiger partial charge in [-0.3, -0.25) is 9.59 Å². The zero-order chi connectivity index (χ0) is 30.8. The fourth-order valence-electron chi connectivity index (χ4n) is 4.70. The van der Waals surface area contributed by atoms with Gasteiger partial charge in [0.05, 0.1) is 44.8 Å². The van der Waals surface area contributed by atoms with Crippen LogP contribution in [0.25, 0.3) is 16.5 Å². The molecule has 0 aliphatic heterocycles. The molecule has 1 aliphatic carbocycles. The highest BCUT2D eigenvalue weighted by Crippen LogP contribution is 2.38. The molecule has 0 radical (unpaired) electrons. The third-order valence-electron chi connectivity index (χ3n) is 6.84. The zero-order valence-electron chi connectivity index (χ0n) is 22.1. The lowest BCUT2D eigenvalue weighted by Gasteiger charge is -2.23. The molecule has 0 unspecified atom stereocenters. The Hall–Kier alpha value is -4.06. The van der Waals surface area contributed by atoms with Crippen LogP contribution in [0.15, 0.2) is 72.8 Å². The van der Waals surface area contributed by atoms with Crippen LogP contribution >= 0.6 is 11.6 Å². The molecule has 3 aromatic carbocycles. The summed E-state index contributed by atoms with van der Waals surface area (Å²) in [5.74, 6) is -4.26. The minimum Gasteiger partial charge on any atom is -0.481 e. The topological polar surface area (TPSA) is 118 Å². The SMILES string of the molecule is C[C@@H](N)c1ccccc1.O=C(O)[C@H]1CCC(c2nn(C(=O)c3c(Cl)cccc3C(F)(F)F)c3cccc(F)c23)=C[C@@H]1O. The molecular formula is C30H26ClF4N3O4. The normalized spacial score (nSPS) is 17.7. The molecule has 1 heterocycles. The summed E-state index contributed by atoms with van der Waals surface area (Å²) in [4.78, 5) is 24.5. The number of alkyl halides is 3. The zero-order valence-corrected chi connectivity index (χ0v) is 22.9. The van der Waals surface area contributed by atoms with Gasteiger partial charge >= 0.3 is 12.1 Å². The number of hydrogen-bond acceptors (Lipinski definition) is 5. The number of carbonyl (C=O) groups excluding carboxylic acids is 1. The summed E-state index contributed by atoms with van der Waals surface area (Å²) >= 11 is 5.95. The van der Waals surface area contributed by atoms with Crippen molar-refractivity contribution in [3.8, 4) is 0 Å². The largest absolute Gasteiger partial charge is 0.481 e. The molecule has 220 valence electrons. The van der Waals surface area contributed by atoms with Crippen molar-refractivity contribution in [1.82, 2.24) is 9.78 Å². The van der Waals surface area contributed by atoms with Crippen LogP contribution in [0, 0.1) is 11.7 Å². The Labute approximate surface area is 242 Å². The molecule has 0 saturated heterocycles. The number of aliphatic carboxylic acids is 1. The number of aliphatic hydroxyl groups is 1. The second kappa shape index (κ2) is 12.4. The fourth-order valence-corrected chi connectivity index (χ4v) is 4.96.